The van der Waals surface area contributed by atoms with Gasteiger partial charge in [-0.1, -0.05) is 41.5 Å². The lowest BCUT2D eigenvalue weighted by Gasteiger charge is -2.07. The zero-order valence-corrected chi connectivity index (χ0v) is 16.1. The summed E-state index contributed by atoms with van der Waals surface area (Å²) in [6.07, 6.45) is 9.13. The first-order chi connectivity index (χ1) is 12.7. The van der Waals surface area contributed by atoms with Gasteiger partial charge in [-0.25, -0.2) is 4.68 Å². The summed E-state index contributed by atoms with van der Waals surface area (Å²) >= 11 is 5.26. The zero-order valence-electron chi connectivity index (χ0n) is 15.2. The molecule has 0 saturated heterocycles. The summed E-state index contributed by atoms with van der Waals surface area (Å²) in [5.41, 5.74) is 4.49. The van der Waals surface area contributed by atoms with Gasteiger partial charge in [-0.05, 0) is 56.4 Å². The van der Waals surface area contributed by atoms with Gasteiger partial charge in [0.1, 0.15) is 4.64 Å². The standard InChI is InChI=1S/C20H24N4OS/c1-15-8-10-18(11-9-15)24-14-17(22-23-24)7-5-3-4-6-16-12-13-21-20(26)19(16)25-2/h8-14H,3-7H2,1-2H3,(H,21,26). The fraction of sp³-hybridized carbons (Fsp3) is 0.350. The molecule has 0 radical (unpaired) electrons. The summed E-state index contributed by atoms with van der Waals surface area (Å²) in [6, 6.07) is 10.3. The van der Waals surface area contributed by atoms with E-state index in [-0.39, 0.29) is 0 Å². The minimum atomic E-state index is 0.665. The van der Waals surface area contributed by atoms with Crippen LogP contribution >= 0.6 is 12.2 Å². The lowest BCUT2D eigenvalue weighted by atomic mass is 10.1. The Hall–Kier alpha value is -2.47. The number of ether oxygens (including phenoxy) is 1. The SMILES string of the molecule is COc1c(CCCCCc2cn(-c3ccc(C)cc3)nn2)cc[nH]c1=S. The van der Waals surface area contributed by atoms with Crippen molar-refractivity contribution in [3.8, 4) is 11.4 Å². The predicted octanol–water partition coefficient (Wildman–Crippen LogP) is 4.60. The van der Waals surface area contributed by atoms with Gasteiger partial charge in [-0.3, -0.25) is 0 Å². The van der Waals surface area contributed by atoms with Crippen LogP contribution in [0.3, 0.4) is 0 Å². The average Bonchev–Trinajstić information content (AvgIpc) is 3.11. The van der Waals surface area contributed by atoms with Crippen LogP contribution in [-0.2, 0) is 12.8 Å². The third kappa shape index (κ3) is 4.58. The topological polar surface area (TPSA) is 55.7 Å². The average molecular weight is 369 g/mol. The third-order valence-electron chi connectivity index (χ3n) is 4.42. The Balaban J connectivity index is 1.47. The summed E-state index contributed by atoms with van der Waals surface area (Å²) < 4.78 is 7.90. The summed E-state index contributed by atoms with van der Waals surface area (Å²) in [5, 5.41) is 8.51. The van der Waals surface area contributed by atoms with Crippen molar-refractivity contribution in [3.05, 3.63) is 64.2 Å². The maximum atomic E-state index is 5.40. The summed E-state index contributed by atoms with van der Waals surface area (Å²) in [4.78, 5) is 3.01. The number of hydrogen-bond donors (Lipinski definition) is 1. The summed E-state index contributed by atoms with van der Waals surface area (Å²) in [6.45, 7) is 2.08. The highest BCUT2D eigenvalue weighted by atomic mass is 32.1. The number of nitrogens with one attached hydrogen (secondary N) is 1. The Morgan fingerprint density at radius 3 is 2.62 bits per heavy atom. The molecule has 6 heteroatoms. The number of aryl methyl sites for hydroxylation is 3. The smallest absolute Gasteiger partial charge is 0.156 e. The summed E-state index contributed by atoms with van der Waals surface area (Å²) in [7, 11) is 1.67. The number of aromatic amines is 1. The Bertz CT molecular complexity index is 899. The van der Waals surface area contributed by atoms with E-state index in [9.17, 15) is 0 Å². The van der Waals surface area contributed by atoms with Gasteiger partial charge in [0.05, 0.1) is 24.7 Å². The largest absolute Gasteiger partial charge is 0.493 e. The van der Waals surface area contributed by atoms with Crippen molar-refractivity contribution in [2.75, 3.05) is 7.11 Å². The molecule has 3 rings (SSSR count). The van der Waals surface area contributed by atoms with Gasteiger partial charge in [0, 0.05) is 6.20 Å². The molecule has 0 aliphatic rings. The molecule has 1 N–H and O–H groups in total. The molecule has 0 bridgehead atoms. The quantitative estimate of drug-likeness (QED) is 0.466. The van der Waals surface area contributed by atoms with Gasteiger partial charge in [0.25, 0.3) is 0 Å². The van der Waals surface area contributed by atoms with E-state index in [1.165, 1.54) is 11.1 Å². The number of rotatable bonds is 8. The second-order valence-electron chi connectivity index (χ2n) is 6.42. The van der Waals surface area contributed by atoms with Crippen molar-refractivity contribution in [1.82, 2.24) is 20.0 Å². The fourth-order valence-corrected chi connectivity index (χ4v) is 3.24. The Labute approximate surface area is 159 Å². The molecule has 0 atom stereocenters. The monoisotopic (exact) mass is 368 g/mol. The molecular formula is C20H24N4OS. The van der Waals surface area contributed by atoms with Gasteiger partial charge in [-0.2, -0.15) is 0 Å². The normalized spacial score (nSPS) is 10.8. The number of pyridine rings is 1. The Morgan fingerprint density at radius 1 is 1.08 bits per heavy atom. The third-order valence-corrected chi connectivity index (χ3v) is 4.72. The second kappa shape index (κ2) is 8.76. The van der Waals surface area contributed by atoms with Crippen LogP contribution in [-0.4, -0.2) is 27.1 Å². The van der Waals surface area contributed by atoms with Crippen LogP contribution in [0.25, 0.3) is 5.69 Å². The zero-order chi connectivity index (χ0) is 18.4. The molecule has 136 valence electrons. The molecule has 0 amide bonds. The fourth-order valence-electron chi connectivity index (χ4n) is 2.96. The number of methoxy groups -OCH3 is 1. The maximum Gasteiger partial charge on any atom is 0.156 e. The molecule has 2 aromatic heterocycles. The number of H-pyrrole nitrogens is 1. The molecule has 26 heavy (non-hydrogen) atoms. The first kappa shape index (κ1) is 18.3. The molecule has 0 aliphatic heterocycles. The molecule has 0 unspecified atom stereocenters. The second-order valence-corrected chi connectivity index (χ2v) is 6.82. The van der Waals surface area contributed by atoms with Gasteiger partial charge in [-0.15, -0.1) is 5.10 Å². The van der Waals surface area contributed by atoms with Crippen LogP contribution < -0.4 is 4.74 Å². The molecule has 5 nitrogen and oxygen atoms in total. The van der Waals surface area contributed by atoms with E-state index >= 15 is 0 Å². The Morgan fingerprint density at radius 2 is 1.85 bits per heavy atom. The minimum absolute atomic E-state index is 0.665. The van der Waals surface area contributed by atoms with E-state index in [0.717, 1.165) is 49.2 Å². The highest BCUT2D eigenvalue weighted by Crippen LogP contribution is 2.20. The van der Waals surface area contributed by atoms with Crippen LogP contribution in [0.4, 0.5) is 0 Å². The van der Waals surface area contributed by atoms with Crippen LogP contribution in [0.5, 0.6) is 5.75 Å². The van der Waals surface area contributed by atoms with E-state index in [1.807, 2.05) is 23.1 Å². The number of unbranched alkanes of at least 4 members (excludes halogenated alkanes) is 2. The summed E-state index contributed by atoms with van der Waals surface area (Å²) in [5.74, 6) is 0.795. The van der Waals surface area contributed by atoms with Gasteiger partial charge in [0.15, 0.2) is 5.75 Å². The molecule has 0 aliphatic carbocycles. The van der Waals surface area contributed by atoms with Crippen LogP contribution in [0, 0.1) is 11.6 Å². The number of benzene rings is 1. The van der Waals surface area contributed by atoms with Gasteiger partial charge >= 0.3 is 0 Å². The molecular weight excluding hydrogens is 344 g/mol. The van der Waals surface area contributed by atoms with Crippen molar-refractivity contribution >= 4 is 12.2 Å². The molecule has 1 aromatic carbocycles. The van der Waals surface area contributed by atoms with Crippen molar-refractivity contribution in [2.45, 2.75) is 39.0 Å². The first-order valence-electron chi connectivity index (χ1n) is 8.90. The number of aromatic nitrogens is 4. The highest BCUT2D eigenvalue weighted by molar-refractivity contribution is 7.71. The van der Waals surface area contributed by atoms with E-state index in [1.54, 1.807) is 7.11 Å². The molecule has 2 heterocycles. The molecule has 0 fully saturated rings. The van der Waals surface area contributed by atoms with Crippen LogP contribution in [0.2, 0.25) is 0 Å². The van der Waals surface area contributed by atoms with Crippen LogP contribution in [0.15, 0.2) is 42.7 Å². The Kier molecular flexibility index (Phi) is 6.17. The van der Waals surface area contributed by atoms with E-state index in [2.05, 4.69) is 46.5 Å². The van der Waals surface area contributed by atoms with Crippen molar-refractivity contribution < 1.29 is 4.74 Å². The molecule has 0 saturated carbocycles. The van der Waals surface area contributed by atoms with E-state index < -0.39 is 0 Å². The minimum Gasteiger partial charge on any atom is -0.493 e. The van der Waals surface area contributed by atoms with Crippen molar-refractivity contribution in [2.24, 2.45) is 0 Å². The molecule has 0 spiro atoms. The highest BCUT2D eigenvalue weighted by Gasteiger charge is 2.06. The van der Waals surface area contributed by atoms with Crippen LogP contribution in [0.1, 0.15) is 36.1 Å². The molecule has 3 aromatic rings. The maximum absolute atomic E-state index is 5.40. The van der Waals surface area contributed by atoms with Gasteiger partial charge in [0.2, 0.25) is 0 Å². The first-order valence-corrected chi connectivity index (χ1v) is 9.31. The number of nitrogens with zero attached hydrogens (tertiary/aromatic N) is 3. The number of hydrogen-bond acceptors (Lipinski definition) is 4. The van der Waals surface area contributed by atoms with Crippen molar-refractivity contribution in [3.63, 3.8) is 0 Å². The van der Waals surface area contributed by atoms with Crippen molar-refractivity contribution in [1.29, 1.82) is 0 Å². The van der Waals surface area contributed by atoms with Gasteiger partial charge < -0.3 is 9.72 Å². The predicted molar refractivity (Wildman–Crippen MR) is 106 cm³/mol. The lowest BCUT2D eigenvalue weighted by molar-refractivity contribution is 0.405. The lowest BCUT2D eigenvalue weighted by Crippen LogP contribution is -1.95. The van der Waals surface area contributed by atoms with E-state index in [0.29, 0.717) is 4.64 Å². The van der Waals surface area contributed by atoms with E-state index in [4.69, 9.17) is 17.0 Å².